The number of ketones is 1. The Balaban J connectivity index is 1.34. The molecule has 4 heterocycles. The van der Waals surface area contributed by atoms with E-state index in [1.165, 1.54) is 0 Å². The van der Waals surface area contributed by atoms with E-state index in [1.807, 2.05) is 20.8 Å². The highest BCUT2D eigenvalue weighted by atomic mass is 79.9. The summed E-state index contributed by atoms with van der Waals surface area (Å²) in [6.45, 7) is 11.7. The van der Waals surface area contributed by atoms with Crippen LogP contribution in [-0.2, 0) is 31.8 Å². The SMILES string of the molecule is CC(C)(C)OC(=O)N1CCC(Cc2nc(Cl)ccc2Br)(C(=O)OCCC2CC3(CCN2C(=O)OC(C)(C)C)Cc2nc(Cl)ccc2C3=O)CC1. The molecule has 0 saturated carbocycles. The molecule has 0 bridgehead atoms. The van der Waals surface area contributed by atoms with Crippen LogP contribution >= 0.6 is 39.1 Å². The van der Waals surface area contributed by atoms with Crippen LogP contribution in [0.25, 0.3) is 0 Å². The fraction of sp³-hybridized carbons (Fsp3) is 0.611. The van der Waals surface area contributed by atoms with Crippen molar-refractivity contribution in [2.75, 3.05) is 26.2 Å². The minimum atomic E-state index is -0.995. The number of pyridine rings is 2. The third-order valence-electron chi connectivity index (χ3n) is 9.58. The van der Waals surface area contributed by atoms with E-state index >= 15 is 0 Å². The fourth-order valence-corrected chi connectivity index (χ4v) is 7.80. The van der Waals surface area contributed by atoms with Gasteiger partial charge in [0.15, 0.2) is 5.78 Å². The van der Waals surface area contributed by atoms with Crippen molar-refractivity contribution in [2.45, 2.75) is 104 Å². The van der Waals surface area contributed by atoms with E-state index in [0.29, 0.717) is 89.9 Å². The van der Waals surface area contributed by atoms with Gasteiger partial charge in [-0.15, -0.1) is 0 Å². The van der Waals surface area contributed by atoms with Gasteiger partial charge >= 0.3 is 18.2 Å². The zero-order valence-corrected chi connectivity index (χ0v) is 32.5. The second kappa shape index (κ2) is 14.6. The minimum absolute atomic E-state index is 0.00204. The molecule has 2 saturated heterocycles. The third-order valence-corrected chi connectivity index (χ3v) is 10.7. The summed E-state index contributed by atoms with van der Waals surface area (Å²) in [4.78, 5) is 66.4. The molecule has 2 atom stereocenters. The summed E-state index contributed by atoms with van der Waals surface area (Å²) in [6.07, 6.45) is 1.53. The normalized spacial score (nSPS) is 21.9. The number of hydrogen-bond acceptors (Lipinski definition) is 9. The summed E-state index contributed by atoms with van der Waals surface area (Å²) < 4.78 is 18.1. The molecule has 3 aliphatic rings. The van der Waals surface area contributed by atoms with Gasteiger partial charge in [-0.05, 0) is 107 Å². The van der Waals surface area contributed by atoms with E-state index in [1.54, 1.807) is 54.8 Å². The van der Waals surface area contributed by atoms with E-state index in [2.05, 4.69) is 25.9 Å². The zero-order chi connectivity index (χ0) is 36.6. The molecule has 2 amide bonds. The van der Waals surface area contributed by atoms with E-state index in [0.717, 1.165) is 0 Å². The van der Waals surface area contributed by atoms with Crippen molar-refractivity contribution in [1.82, 2.24) is 19.8 Å². The average molecular weight is 797 g/mol. The summed E-state index contributed by atoms with van der Waals surface area (Å²) in [5.74, 6) is -0.426. The molecular formula is C36H45BrCl2N4O7. The lowest BCUT2D eigenvalue weighted by atomic mass is 9.72. The smallest absolute Gasteiger partial charge is 0.410 e. The van der Waals surface area contributed by atoms with Crippen molar-refractivity contribution in [2.24, 2.45) is 10.8 Å². The number of likely N-dealkylation sites (tertiary alicyclic amines) is 2. The van der Waals surface area contributed by atoms with Gasteiger partial charge < -0.3 is 24.0 Å². The molecule has 0 N–H and O–H groups in total. The lowest BCUT2D eigenvalue weighted by Crippen LogP contribution is -2.53. The minimum Gasteiger partial charge on any atom is -0.465 e. The van der Waals surface area contributed by atoms with Gasteiger partial charge in [0.05, 0.1) is 23.4 Å². The summed E-state index contributed by atoms with van der Waals surface area (Å²) in [7, 11) is 0. The van der Waals surface area contributed by atoms with Gasteiger partial charge in [-0.3, -0.25) is 9.59 Å². The van der Waals surface area contributed by atoms with Gasteiger partial charge in [0.2, 0.25) is 0 Å². The number of aromatic nitrogens is 2. The molecule has 1 spiro atoms. The monoisotopic (exact) mass is 794 g/mol. The predicted octanol–water partition coefficient (Wildman–Crippen LogP) is 7.86. The standard InChI is InChI=1S/C36H45BrCl2N4O7/c1-33(2,3)49-31(46)42-15-12-35(13-16-42,21-26-24(37)8-10-28(39)41-26)30(45)48-18-11-22-19-36(14-17-43(22)32(47)50-34(4,5)6)20-25-23(29(36)44)7-9-27(38)40-25/h7-10,22H,11-21H2,1-6H3. The Morgan fingerprint density at radius 3 is 2.18 bits per heavy atom. The van der Waals surface area contributed by atoms with Crippen LogP contribution in [0.1, 0.15) is 95.4 Å². The van der Waals surface area contributed by atoms with Crippen molar-refractivity contribution in [3.05, 3.63) is 56.0 Å². The second-order valence-corrected chi connectivity index (χ2v) is 17.2. The highest BCUT2D eigenvalue weighted by molar-refractivity contribution is 9.10. The predicted molar refractivity (Wildman–Crippen MR) is 191 cm³/mol. The summed E-state index contributed by atoms with van der Waals surface area (Å²) >= 11 is 15.9. The lowest BCUT2D eigenvalue weighted by molar-refractivity contribution is -0.159. The number of piperidine rings is 2. The van der Waals surface area contributed by atoms with Crippen LogP contribution in [0.2, 0.25) is 10.3 Å². The molecule has 5 rings (SSSR count). The van der Waals surface area contributed by atoms with Gasteiger partial charge in [0, 0.05) is 60.4 Å². The van der Waals surface area contributed by atoms with Crippen LogP contribution in [-0.4, -0.2) is 87.2 Å². The largest absolute Gasteiger partial charge is 0.465 e. The maximum absolute atomic E-state index is 14.1. The molecule has 1 aliphatic carbocycles. The van der Waals surface area contributed by atoms with Gasteiger partial charge in [0.1, 0.15) is 21.5 Å². The van der Waals surface area contributed by atoms with Gasteiger partial charge in [0.25, 0.3) is 0 Å². The number of Topliss-reactive ketones (excluding diaryl/α,β-unsaturated/α-hetero) is 1. The van der Waals surface area contributed by atoms with Crippen molar-refractivity contribution in [3.8, 4) is 0 Å². The first-order valence-corrected chi connectivity index (χ1v) is 18.5. The Labute approximate surface area is 311 Å². The number of rotatable bonds is 6. The molecule has 50 heavy (non-hydrogen) atoms. The number of carbonyl (C=O) groups excluding carboxylic acids is 4. The van der Waals surface area contributed by atoms with Crippen LogP contribution in [0.4, 0.5) is 9.59 Å². The number of hydrogen-bond donors (Lipinski definition) is 0. The van der Waals surface area contributed by atoms with E-state index < -0.39 is 46.2 Å². The van der Waals surface area contributed by atoms with Crippen molar-refractivity contribution >= 4 is 63.1 Å². The van der Waals surface area contributed by atoms with Crippen LogP contribution in [0, 0.1) is 10.8 Å². The quantitative estimate of drug-likeness (QED) is 0.163. The van der Waals surface area contributed by atoms with Crippen LogP contribution in [0.15, 0.2) is 28.7 Å². The third kappa shape index (κ3) is 8.73. The summed E-state index contributed by atoms with van der Waals surface area (Å²) in [5, 5.41) is 0.626. The van der Waals surface area contributed by atoms with E-state index in [9.17, 15) is 19.2 Å². The lowest BCUT2D eigenvalue weighted by Gasteiger charge is -2.44. The average Bonchev–Trinajstić information content (AvgIpc) is 3.26. The van der Waals surface area contributed by atoms with Crippen molar-refractivity contribution < 1.29 is 33.4 Å². The second-order valence-electron chi connectivity index (χ2n) is 15.6. The van der Waals surface area contributed by atoms with Crippen LogP contribution in [0.5, 0.6) is 0 Å². The highest BCUT2D eigenvalue weighted by Gasteiger charge is 2.52. The number of halogens is 3. The molecule has 14 heteroatoms. The molecule has 2 unspecified atom stereocenters. The Hall–Kier alpha value is -2.96. The molecule has 2 aromatic heterocycles. The molecule has 11 nitrogen and oxygen atoms in total. The number of esters is 1. The van der Waals surface area contributed by atoms with Crippen molar-refractivity contribution in [1.29, 1.82) is 0 Å². The van der Waals surface area contributed by atoms with Gasteiger partial charge in [-0.1, -0.05) is 23.2 Å². The Bertz CT molecular complexity index is 1650. The summed E-state index contributed by atoms with van der Waals surface area (Å²) in [5.41, 5.74) is -1.27. The number of amides is 2. The van der Waals surface area contributed by atoms with Gasteiger partial charge in [-0.25, -0.2) is 19.6 Å². The Morgan fingerprint density at radius 2 is 1.52 bits per heavy atom. The van der Waals surface area contributed by atoms with Crippen molar-refractivity contribution in [3.63, 3.8) is 0 Å². The molecule has 272 valence electrons. The molecule has 2 aliphatic heterocycles. The maximum atomic E-state index is 14.1. The number of carbonyl (C=O) groups is 4. The topological polar surface area (TPSA) is 128 Å². The Kier molecular flexibility index (Phi) is 11.2. The van der Waals surface area contributed by atoms with E-state index in [4.69, 9.17) is 37.4 Å². The first-order valence-electron chi connectivity index (χ1n) is 17.0. The number of nitrogens with zero attached hydrogens (tertiary/aromatic N) is 4. The first kappa shape index (κ1) is 38.3. The van der Waals surface area contributed by atoms with Crippen LogP contribution in [0.3, 0.4) is 0 Å². The number of fused-ring (bicyclic) bond motifs is 1. The Morgan fingerprint density at radius 1 is 0.900 bits per heavy atom. The zero-order valence-electron chi connectivity index (χ0n) is 29.4. The molecular weight excluding hydrogens is 751 g/mol. The molecule has 0 radical (unpaired) electrons. The fourth-order valence-electron chi connectivity index (χ4n) is 7.11. The first-order chi connectivity index (χ1) is 23.3. The maximum Gasteiger partial charge on any atom is 0.410 e. The number of ether oxygens (including phenoxy) is 3. The van der Waals surface area contributed by atoms with Crippen LogP contribution < -0.4 is 0 Å². The summed E-state index contributed by atoms with van der Waals surface area (Å²) in [6, 6.07) is 6.36. The molecule has 0 aromatic carbocycles. The highest BCUT2D eigenvalue weighted by Crippen LogP contribution is 2.47. The van der Waals surface area contributed by atoms with E-state index in [-0.39, 0.29) is 18.8 Å². The molecule has 2 fully saturated rings. The van der Waals surface area contributed by atoms with Gasteiger partial charge in [-0.2, -0.15) is 0 Å². The molecule has 2 aromatic rings.